The first kappa shape index (κ1) is 13.5. The Kier molecular flexibility index (Phi) is 4.86. The lowest BCUT2D eigenvalue weighted by atomic mass is 10.3. The summed E-state index contributed by atoms with van der Waals surface area (Å²) in [6.07, 6.45) is 1.70. The topological polar surface area (TPSA) is 51.6 Å². The van der Waals surface area contributed by atoms with Gasteiger partial charge < -0.3 is 14.9 Å². The maximum atomic E-state index is 5.70. The Labute approximate surface area is 113 Å². The van der Waals surface area contributed by atoms with Crippen LogP contribution in [0.3, 0.4) is 0 Å². The molecule has 0 amide bonds. The summed E-state index contributed by atoms with van der Waals surface area (Å²) in [5, 5.41) is 0. The summed E-state index contributed by atoms with van der Waals surface area (Å²) in [7, 11) is 0. The quantitative estimate of drug-likeness (QED) is 0.778. The zero-order valence-electron chi connectivity index (χ0n) is 11.2. The van der Waals surface area contributed by atoms with Crippen LogP contribution in [0.2, 0.25) is 0 Å². The zero-order valence-corrected chi connectivity index (χ0v) is 11.2. The number of hydrogen-bond donors (Lipinski definition) is 1. The van der Waals surface area contributed by atoms with Gasteiger partial charge in [0.2, 0.25) is 0 Å². The number of ether oxygens (including phenoxy) is 1. The Morgan fingerprint density at radius 3 is 2.84 bits per heavy atom. The molecule has 0 bridgehead atoms. The standard InChI is InChI=1S/C15H20N2O2/c1-2-17(12-15-7-4-9-18-15)8-10-19-14-6-3-5-13(16)11-14/h3-7,9,11H,2,8,10,12,16H2,1H3. The van der Waals surface area contributed by atoms with Crippen LogP contribution in [0.4, 0.5) is 5.69 Å². The molecule has 2 N–H and O–H groups in total. The van der Waals surface area contributed by atoms with Crippen LogP contribution in [0.25, 0.3) is 0 Å². The minimum atomic E-state index is 0.637. The van der Waals surface area contributed by atoms with E-state index in [9.17, 15) is 0 Å². The summed E-state index contributed by atoms with van der Waals surface area (Å²) < 4.78 is 11.0. The highest BCUT2D eigenvalue weighted by Crippen LogP contribution is 2.14. The molecule has 4 nitrogen and oxygen atoms in total. The molecule has 0 radical (unpaired) electrons. The molecule has 1 heterocycles. The number of anilines is 1. The van der Waals surface area contributed by atoms with Gasteiger partial charge in [-0.1, -0.05) is 13.0 Å². The van der Waals surface area contributed by atoms with Crippen molar-refractivity contribution in [3.63, 3.8) is 0 Å². The van der Waals surface area contributed by atoms with Crippen LogP contribution in [-0.4, -0.2) is 24.6 Å². The Hall–Kier alpha value is -1.94. The molecule has 1 aromatic carbocycles. The van der Waals surface area contributed by atoms with Gasteiger partial charge in [0, 0.05) is 18.3 Å². The number of hydrogen-bond acceptors (Lipinski definition) is 4. The Morgan fingerprint density at radius 1 is 1.26 bits per heavy atom. The van der Waals surface area contributed by atoms with Crippen molar-refractivity contribution < 1.29 is 9.15 Å². The molecule has 0 fully saturated rings. The van der Waals surface area contributed by atoms with Crippen LogP contribution >= 0.6 is 0 Å². The molecule has 0 saturated heterocycles. The zero-order chi connectivity index (χ0) is 13.5. The van der Waals surface area contributed by atoms with E-state index in [0.717, 1.165) is 36.8 Å². The summed E-state index contributed by atoms with van der Waals surface area (Å²) in [6.45, 7) is 5.39. The number of nitrogens with zero attached hydrogens (tertiary/aromatic N) is 1. The van der Waals surface area contributed by atoms with Gasteiger partial charge in [-0.3, -0.25) is 4.90 Å². The first-order chi connectivity index (χ1) is 9.28. The maximum Gasteiger partial charge on any atom is 0.121 e. The Bertz CT molecular complexity index is 483. The number of benzene rings is 1. The van der Waals surface area contributed by atoms with Crippen molar-refractivity contribution in [2.45, 2.75) is 13.5 Å². The van der Waals surface area contributed by atoms with Gasteiger partial charge >= 0.3 is 0 Å². The maximum absolute atomic E-state index is 5.70. The number of rotatable bonds is 7. The van der Waals surface area contributed by atoms with Gasteiger partial charge in [0.25, 0.3) is 0 Å². The van der Waals surface area contributed by atoms with E-state index in [2.05, 4.69) is 11.8 Å². The van der Waals surface area contributed by atoms with Crippen molar-refractivity contribution in [2.24, 2.45) is 0 Å². The van der Waals surface area contributed by atoms with Gasteiger partial charge in [0.1, 0.15) is 18.1 Å². The van der Waals surface area contributed by atoms with Crippen LogP contribution in [0.15, 0.2) is 47.1 Å². The molecule has 2 aromatic rings. The first-order valence-electron chi connectivity index (χ1n) is 6.51. The van der Waals surface area contributed by atoms with E-state index in [4.69, 9.17) is 14.9 Å². The number of likely N-dealkylation sites (N-methyl/N-ethyl adjacent to an activating group) is 1. The molecule has 0 unspecified atom stereocenters. The van der Waals surface area contributed by atoms with Gasteiger partial charge in [-0.25, -0.2) is 0 Å². The minimum absolute atomic E-state index is 0.637. The highest BCUT2D eigenvalue weighted by molar-refractivity contribution is 5.43. The predicted molar refractivity (Wildman–Crippen MR) is 76.0 cm³/mol. The molecule has 0 aliphatic rings. The van der Waals surface area contributed by atoms with Gasteiger partial charge in [-0.2, -0.15) is 0 Å². The van der Waals surface area contributed by atoms with E-state index >= 15 is 0 Å². The van der Waals surface area contributed by atoms with Gasteiger partial charge in [0.15, 0.2) is 0 Å². The average molecular weight is 260 g/mol. The fourth-order valence-electron chi connectivity index (χ4n) is 1.87. The Morgan fingerprint density at radius 2 is 2.16 bits per heavy atom. The second-order valence-corrected chi connectivity index (χ2v) is 4.37. The Balaban J connectivity index is 1.77. The van der Waals surface area contributed by atoms with E-state index in [-0.39, 0.29) is 0 Å². The molecule has 0 saturated carbocycles. The summed E-state index contributed by atoms with van der Waals surface area (Å²) in [5.41, 5.74) is 6.43. The smallest absolute Gasteiger partial charge is 0.121 e. The molecule has 0 aliphatic carbocycles. The molecule has 2 rings (SSSR count). The second kappa shape index (κ2) is 6.85. The van der Waals surface area contributed by atoms with Crippen LogP contribution < -0.4 is 10.5 Å². The third kappa shape index (κ3) is 4.34. The van der Waals surface area contributed by atoms with E-state index in [1.54, 1.807) is 6.26 Å². The van der Waals surface area contributed by atoms with Gasteiger partial charge in [-0.05, 0) is 30.8 Å². The summed E-state index contributed by atoms with van der Waals surface area (Å²) in [5.74, 6) is 1.79. The fraction of sp³-hybridized carbons (Fsp3) is 0.333. The molecule has 1 aromatic heterocycles. The van der Waals surface area contributed by atoms with E-state index < -0.39 is 0 Å². The lowest BCUT2D eigenvalue weighted by Gasteiger charge is -2.19. The van der Waals surface area contributed by atoms with Crippen molar-refractivity contribution in [1.82, 2.24) is 4.90 Å². The minimum Gasteiger partial charge on any atom is -0.492 e. The van der Waals surface area contributed by atoms with Gasteiger partial charge in [-0.15, -0.1) is 0 Å². The average Bonchev–Trinajstić information content (AvgIpc) is 2.90. The highest BCUT2D eigenvalue weighted by Gasteiger charge is 2.05. The van der Waals surface area contributed by atoms with Crippen LogP contribution in [-0.2, 0) is 6.54 Å². The van der Waals surface area contributed by atoms with Crippen LogP contribution in [0, 0.1) is 0 Å². The van der Waals surface area contributed by atoms with E-state index in [1.165, 1.54) is 0 Å². The lowest BCUT2D eigenvalue weighted by molar-refractivity contribution is 0.199. The van der Waals surface area contributed by atoms with Crippen molar-refractivity contribution in [1.29, 1.82) is 0 Å². The van der Waals surface area contributed by atoms with Crippen molar-refractivity contribution in [3.8, 4) is 5.75 Å². The first-order valence-corrected chi connectivity index (χ1v) is 6.51. The van der Waals surface area contributed by atoms with Crippen LogP contribution in [0.1, 0.15) is 12.7 Å². The molecule has 102 valence electrons. The lowest BCUT2D eigenvalue weighted by Crippen LogP contribution is -2.27. The number of nitrogens with two attached hydrogens (primary N) is 1. The molecular weight excluding hydrogens is 240 g/mol. The number of furan rings is 1. The van der Waals surface area contributed by atoms with Gasteiger partial charge in [0.05, 0.1) is 12.8 Å². The summed E-state index contributed by atoms with van der Waals surface area (Å²) >= 11 is 0. The highest BCUT2D eigenvalue weighted by atomic mass is 16.5. The third-order valence-corrected chi connectivity index (χ3v) is 2.94. The second-order valence-electron chi connectivity index (χ2n) is 4.37. The largest absolute Gasteiger partial charge is 0.492 e. The van der Waals surface area contributed by atoms with E-state index in [0.29, 0.717) is 6.61 Å². The molecule has 19 heavy (non-hydrogen) atoms. The number of nitrogen functional groups attached to an aromatic ring is 1. The van der Waals surface area contributed by atoms with Crippen LogP contribution in [0.5, 0.6) is 5.75 Å². The van der Waals surface area contributed by atoms with Crippen molar-refractivity contribution in [3.05, 3.63) is 48.4 Å². The molecule has 0 aliphatic heterocycles. The van der Waals surface area contributed by atoms with E-state index in [1.807, 2.05) is 36.4 Å². The fourth-order valence-corrected chi connectivity index (χ4v) is 1.87. The molecule has 4 heteroatoms. The summed E-state index contributed by atoms with van der Waals surface area (Å²) in [6, 6.07) is 11.4. The molecule has 0 atom stereocenters. The normalized spacial score (nSPS) is 10.8. The predicted octanol–water partition coefficient (Wildman–Crippen LogP) is 2.76. The SMILES string of the molecule is CCN(CCOc1cccc(N)c1)Cc1ccco1. The van der Waals surface area contributed by atoms with Crippen molar-refractivity contribution >= 4 is 5.69 Å². The monoisotopic (exact) mass is 260 g/mol. The third-order valence-electron chi connectivity index (χ3n) is 2.94. The van der Waals surface area contributed by atoms with Crippen molar-refractivity contribution in [2.75, 3.05) is 25.4 Å². The molecule has 0 spiro atoms. The molecular formula is C15H20N2O2. The summed E-state index contributed by atoms with van der Waals surface area (Å²) in [4.78, 5) is 2.27.